The minimum Gasteiger partial charge on any atom is -0.506 e. The molecule has 1 aromatic carbocycles. The van der Waals surface area contributed by atoms with Gasteiger partial charge in [-0.25, -0.2) is 0 Å². The molecule has 16 heavy (non-hydrogen) atoms. The third-order valence-electron chi connectivity index (χ3n) is 3.30. The van der Waals surface area contributed by atoms with E-state index in [4.69, 9.17) is 10.5 Å². The second-order valence-corrected chi connectivity index (χ2v) is 4.69. The predicted octanol–water partition coefficient (Wildman–Crippen LogP) is 2.93. The molecule has 0 aliphatic heterocycles. The van der Waals surface area contributed by atoms with E-state index >= 15 is 0 Å². The first kappa shape index (κ1) is 11.1. The Kier molecular flexibility index (Phi) is 3.22. The highest BCUT2D eigenvalue weighted by Crippen LogP contribution is 2.33. The van der Waals surface area contributed by atoms with E-state index in [-0.39, 0.29) is 11.9 Å². The Morgan fingerprint density at radius 2 is 1.94 bits per heavy atom. The molecule has 0 saturated heterocycles. The zero-order valence-electron chi connectivity index (χ0n) is 9.65. The lowest BCUT2D eigenvalue weighted by molar-refractivity contribution is 0.136. The molecule has 1 aromatic rings. The van der Waals surface area contributed by atoms with Crippen molar-refractivity contribution in [1.82, 2.24) is 0 Å². The van der Waals surface area contributed by atoms with Crippen molar-refractivity contribution in [2.45, 2.75) is 38.7 Å². The Balaban J connectivity index is 2.01. The monoisotopic (exact) mass is 221 g/mol. The second kappa shape index (κ2) is 4.64. The molecule has 1 aliphatic rings. The molecular formula is C13H19NO2. The maximum absolute atomic E-state index is 9.47. The average Bonchev–Trinajstić information content (AvgIpc) is 2.28. The van der Waals surface area contributed by atoms with Crippen LogP contribution in [0.5, 0.6) is 11.5 Å². The van der Waals surface area contributed by atoms with Gasteiger partial charge in [0.2, 0.25) is 0 Å². The molecule has 1 fully saturated rings. The molecule has 2 rings (SSSR count). The van der Waals surface area contributed by atoms with Crippen LogP contribution in [0.2, 0.25) is 0 Å². The number of nitrogens with two attached hydrogens (primary N) is 1. The first-order valence-corrected chi connectivity index (χ1v) is 5.91. The summed E-state index contributed by atoms with van der Waals surface area (Å²) in [6.45, 7) is 2.28. The Morgan fingerprint density at radius 3 is 2.62 bits per heavy atom. The number of phenolic OH excluding ortho intramolecular Hbond substituents is 1. The van der Waals surface area contributed by atoms with Crippen LogP contribution in [0.4, 0.5) is 5.69 Å². The molecule has 0 amide bonds. The quantitative estimate of drug-likeness (QED) is 0.596. The van der Waals surface area contributed by atoms with Crippen molar-refractivity contribution in [1.29, 1.82) is 0 Å². The van der Waals surface area contributed by atoms with Crippen molar-refractivity contribution < 1.29 is 9.84 Å². The Hall–Kier alpha value is -1.38. The van der Waals surface area contributed by atoms with Crippen molar-refractivity contribution in [3.63, 3.8) is 0 Å². The molecule has 0 radical (unpaired) electrons. The highest BCUT2D eigenvalue weighted by Gasteiger charge is 2.20. The summed E-state index contributed by atoms with van der Waals surface area (Å²) >= 11 is 0. The SMILES string of the molecule is CC1CCC(Oc2cccc(O)c2N)CC1. The lowest BCUT2D eigenvalue weighted by Gasteiger charge is -2.27. The van der Waals surface area contributed by atoms with Crippen molar-refractivity contribution in [3.05, 3.63) is 18.2 Å². The van der Waals surface area contributed by atoms with Gasteiger partial charge in [-0.1, -0.05) is 13.0 Å². The van der Waals surface area contributed by atoms with Gasteiger partial charge in [0.25, 0.3) is 0 Å². The number of aromatic hydroxyl groups is 1. The van der Waals surface area contributed by atoms with E-state index in [9.17, 15) is 5.11 Å². The molecule has 88 valence electrons. The zero-order chi connectivity index (χ0) is 11.5. The summed E-state index contributed by atoms with van der Waals surface area (Å²) in [5, 5.41) is 9.47. The van der Waals surface area contributed by atoms with Crippen molar-refractivity contribution >= 4 is 5.69 Å². The summed E-state index contributed by atoms with van der Waals surface area (Å²) in [5.74, 6) is 1.52. The molecule has 0 heterocycles. The van der Waals surface area contributed by atoms with Crippen LogP contribution < -0.4 is 10.5 Å². The van der Waals surface area contributed by atoms with Gasteiger partial charge < -0.3 is 15.6 Å². The van der Waals surface area contributed by atoms with Gasteiger partial charge >= 0.3 is 0 Å². The second-order valence-electron chi connectivity index (χ2n) is 4.69. The number of hydrogen-bond donors (Lipinski definition) is 2. The summed E-state index contributed by atoms with van der Waals surface area (Å²) in [5.41, 5.74) is 6.10. The van der Waals surface area contributed by atoms with Gasteiger partial charge in [0.05, 0.1) is 6.10 Å². The third kappa shape index (κ3) is 2.40. The highest BCUT2D eigenvalue weighted by molar-refractivity contribution is 5.61. The summed E-state index contributed by atoms with van der Waals surface area (Å²) < 4.78 is 5.83. The molecule has 0 unspecified atom stereocenters. The molecule has 0 spiro atoms. The van der Waals surface area contributed by atoms with Crippen LogP contribution in [0.1, 0.15) is 32.6 Å². The average molecular weight is 221 g/mol. The van der Waals surface area contributed by atoms with Crippen LogP contribution in [0, 0.1) is 5.92 Å². The topological polar surface area (TPSA) is 55.5 Å². The van der Waals surface area contributed by atoms with Gasteiger partial charge in [-0.2, -0.15) is 0 Å². The Morgan fingerprint density at radius 1 is 1.25 bits per heavy atom. The smallest absolute Gasteiger partial charge is 0.146 e. The maximum Gasteiger partial charge on any atom is 0.146 e. The van der Waals surface area contributed by atoms with E-state index in [1.807, 2.05) is 6.07 Å². The van der Waals surface area contributed by atoms with Crippen LogP contribution in [0.25, 0.3) is 0 Å². The van der Waals surface area contributed by atoms with Gasteiger partial charge in [0.15, 0.2) is 0 Å². The summed E-state index contributed by atoms with van der Waals surface area (Å²) in [6.07, 6.45) is 4.83. The fraction of sp³-hybridized carbons (Fsp3) is 0.538. The van der Waals surface area contributed by atoms with Crippen LogP contribution in [-0.2, 0) is 0 Å². The number of para-hydroxylation sites is 1. The van der Waals surface area contributed by atoms with Gasteiger partial charge in [-0.05, 0) is 43.7 Å². The fourth-order valence-electron chi connectivity index (χ4n) is 2.16. The molecule has 0 aromatic heterocycles. The van der Waals surface area contributed by atoms with E-state index < -0.39 is 0 Å². The maximum atomic E-state index is 9.47. The van der Waals surface area contributed by atoms with Gasteiger partial charge in [-0.15, -0.1) is 0 Å². The zero-order valence-corrected chi connectivity index (χ0v) is 9.65. The fourth-order valence-corrected chi connectivity index (χ4v) is 2.16. The Bertz CT molecular complexity index is 357. The number of rotatable bonds is 2. The number of hydrogen-bond acceptors (Lipinski definition) is 3. The molecule has 3 N–H and O–H groups in total. The van der Waals surface area contributed by atoms with E-state index in [0.29, 0.717) is 11.4 Å². The number of phenols is 1. The van der Waals surface area contributed by atoms with Gasteiger partial charge in [0, 0.05) is 0 Å². The third-order valence-corrected chi connectivity index (χ3v) is 3.30. The number of benzene rings is 1. The molecule has 3 nitrogen and oxygen atoms in total. The van der Waals surface area contributed by atoms with E-state index in [1.54, 1.807) is 12.1 Å². The van der Waals surface area contributed by atoms with E-state index in [0.717, 1.165) is 18.8 Å². The van der Waals surface area contributed by atoms with Crippen molar-refractivity contribution in [3.8, 4) is 11.5 Å². The van der Waals surface area contributed by atoms with Crippen LogP contribution >= 0.6 is 0 Å². The van der Waals surface area contributed by atoms with Gasteiger partial charge in [0.1, 0.15) is 17.2 Å². The summed E-state index contributed by atoms with van der Waals surface area (Å²) in [4.78, 5) is 0. The lowest BCUT2D eigenvalue weighted by Crippen LogP contribution is -2.23. The lowest BCUT2D eigenvalue weighted by atomic mass is 9.89. The number of anilines is 1. The summed E-state index contributed by atoms with van der Waals surface area (Å²) in [6, 6.07) is 5.14. The Labute approximate surface area is 96.2 Å². The molecule has 3 heteroatoms. The number of ether oxygens (including phenoxy) is 1. The largest absolute Gasteiger partial charge is 0.506 e. The molecular weight excluding hydrogens is 202 g/mol. The highest BCUT2D eigenvalue weighted by atomic mass is 16.5. The minimum absolute atomic E-state index is 0.0988. The van der Waals surface area contributed by atoms with Crippen molar-refractivity contribution in [2.24, 2.45) is 5.92 Å². The first-order valence-electron chi connectivity index (χ1n) is 5.91. The molecule has 1 aliphatic carbocycles. The van der Waals surface area contributed by atoms with Crippen molar-refractivity contribution in [2.75, 3.05) is 5.73 Å². The molecule has 0 bridgehead atoms. The predicted molar refractivity (Wildman–Crippen MR) is 64.6 cm³/mol. The standard InChI is InChI=1S/C13H19NO2/c1-9-5-7-10(8-6-9)16-12-4-2-3-11(15)13(12)14/h2-4,9-10,15H,5-8,14H2,1H3. The van der Waals surface area contributed by atoms with E-state index in [2.05, 4.69) is 6.92 Å². The normalized spacial score (nSPS) is 25.3. The van der Waals surface area contributed by atoms with Crippen LogP contribution in [-0.4, -0.2) is 11.2 Å². The van der Waals surface area contributed by atoms with E-state index in [1.165, 1.54) is 12.8 Å². The molecule has 0 atom stereocenters. The minimum atomic E-state index is 0.0988. The molecule has 1 saturated carbocycles. The van der Waals surface area contributed by atoms with Crippen LogP contribution in [0.3, 0.4) is 0 Å². The first-order chi connectivity index (χ1) is 7.66. The van der Waals surface area contributed by atoms with Crippen LogP contribution in [0.15, 0.2) is 18.2 Å². The number of nitrogen functional groups attached to an aromatic ring is 1. The van der Waals surface area contributed by atoms with Gasteiger partial charge in [-0.3, -0.25) is 0 Å². The summed E-state index contributed by atoms with van der Waals surface area (Å²) in [7, 11) is 0.